The van der Waals surface area contributed by atoms with Gasteiger partial charge in [-0.2, -0.15) is 5.10 Å². The summed E-state index contributed by atoms with van der Waals surface area (Å²) in [4.78, 5) is 22.1. The lowest BCUT2D eigenvalue weighted by molar-refractivity contribution is -0.125. The third-order valence-corrected chi connectivity index (χ3v) is 3.14. The summed E-state index contributed by atoms with van der Waals surface area (Å²) in [6.45, 7) is 1.96. The topological polar surface area (TPSA) is 102 Å². The monoisotopic (exact) mass is 265 g/mol. The fraction of sp³-hybridized carbons (Fsp3) is 0.583. The van der Waals surface area contributed by atoms with Crippen molar-refractivity contribution >= 4 is 11.8 Å². The molecule has 1 atom stereocenters. The Labute approximate surface area is 111 Å². The van der Waals surface area contributed by atoms with E-state index in [2.05, 4.69) is 15.7 Å². The zero-order valence-corrected chi connectivity index (χ0v) is 10.8. The highest BCUT2D eigenvalue weighted by Crippen LogP contribution is 2.20. The Morgan fingerprint density at radius 2 is 2.42 bits per heavy atom. The molecule has 0 aliphatic carbocycles. The van der Waals surface area contributed by atoms with Gasteiger partial charge in [0, 0.05) is 18.7 Å². The van der Waals surface area contributed by atoms with Gasteiger partial charge in [-0.3, -0.25) is 14.3 Å². The first-order chi connectivity index (χ1) is 9.15. The molecule has 2 amide bonds. The van der Waals surface area contributed by atoms with Crippen LogP contribution in [0.5, 0.6) is 0 Å². The molecule has 0 radical (unpaired) electrons. The molecule has 7 nitrogen and oxygen atoms in total. The zero-order chi connectivity index (χ0) is 13.7. The molecule has 0 aromatic carbocycles. The second kappa shape index (κ2) is 6.33. The number of hydrogen-bond donors (Lipinski definition) is 3. The Balaban J connectivity index is 1.86. The number of nitrogens with two attached hydrogens (primary N) is 1. The molecule has 1 saturated heterocycles. The Kier molecular flexibility index (Phi) is 4.51. The van der Waals surface area contributed by atoms with Crippen molar-refractivity contribution in [2.24, 2.45) is 5.73 Å². The van der Waals surface area contributed by atoms with Crippen LogP contribution in [0.15, 0.2) is 12.3 Å². The Hall–Kier alpha value is -1.89. The van der Waals surface area contributed by atoms with Gasteiger partial charge < -0.3 is 16.4 Å². The minimum atomic E-state index is -0.553. The van der Waals surface area contributed by atoms with Crippen LogP contribution in [0.3, 0.4) is 0 Å². The summed E-state index contributed by atoms with van der Waals surface area (Å²) in [5, 5.41) is 10.2. The maximum Gasteiger partial charge on any atom is 0.242 e. The third-order valence-electron chi connectivity index (χ3n) is 3.14. The molecule has 1 aromatic heterocycles. The summed E-state index contributed by atoms with van der Waals surface area (Å²) in [7, 11) is 0. The lowest BCUT2D eigenvalue weighted by atomic mass is 9.97. The normalized spacial score (nSPS) is 19.1. The number of carbonyl (C=O) groups excluding carboxylic acids is 2. The summed E-state index contributed by atoms with van der Waals surface area (Å²) in [6, 6.07) is 1.94. The number of rotatable bonds is 5. The Morgan fingerprint density at radius 1 is 1.58 bits per heavy atom. The predicted octanol–water partition coefficient (Wildman–Crippen LogP) is -1.05. The molecule has 2 rings (SSSR count). The fourth-order valence-electron chi connectivity index (χ4n) is 2.18. The summed E-state index contributed by atoms with van der Waals surface area (Å²) in [6.07, 6.45) is 4.06. The average molecular weight is 265 g/mol. The highest BCUT2D eigenvalue weighted by Gasteiger charge is 2.17. The van der Waals surface area contributed by atoms with Crippen LogP contribution in [0.4, 0.5) is 0 Å². The largest absolute Gasteiger partial charge is 0.368 e. The van der Waals surface area contributed by atoms with Gasteiger partial charge in [-0.05, 0) is 25.5 Å². The molecule has 0 spiro atoms. The molecule has 0 saturated carbocycles. The summed E-state index contributed by atoms with van der Waals surface area (Å²) in [5.74, 6) is -0.401. The van der Waals surface area contributed by atoms with Crippen LogP contribution in [0.2, 0.25) is 0 Å². The van der Waals surface area contributed by atoms with Crippen LogP contribution in [-0.2, 0) is 16.1 Å². The molecule has 104 valence electrons. The van der Waals surface area contributed by atoms with Crippen molar-refractivity contribution in [2.75, 3.05) is 19.6 Å². The van der Waals surface area contributed by atoms with Crippen molar-refractivity contribution in [1.29, 1.82) is 0 Å². The molecular formula is C12H19N5O2. The smallest absolute Gasteiger partial charge is 0.242 e. The van der Waals surface area contributed by atoms with Gasteiger partial charge >= 0.3 is 0 Å². The van der Waals surface area contributed by atoms with E-state index in [0.29, 0.717) is 5.92 Å². The van der Waals surface area contributed by atoms with Crippen molar-refractivity contribution in [3.05, 3.63) is 18.0 Å². The van der Waals surface area contributed by atoms with Crippen molar-refractivity contribution in [3.8, 4) is 0 Å². The average Bonchev–Trinajstić information content (AvgIpc) is 2.86. The van der Waals surface area contributed by atoms with Crippen molar-refractivity contribution in [3.63, 3.8) is 0 Å². The Bertz CT molecular complexity index is 451. The molecule has 1 aliphatic heterocycles. The fourth-order valence-corrected chi connectivity index (χ4v) is 2.18. The second-order valence-electron chi connectivity index (χ2n) is 4.72. The molecule has 0 unspecified atom stereocenters. The van der Waals surface area contributed by atoms with Gasteiger partial charge in [-0.1, -0.05) is 0 Å². The number of hydrogen-bond acceptors (Lipinski definition) is 4. The maximum atomic E-state index is 11.5. The van der Waals surface area contributed by atoms with Crippen molar-refractivity contribution in [2.45, 2.75) is 25.3 Å². The molecule has 4 N–H and O–H groups in total. The first-order valence-electron chi connectivity index (χ1n) is 6.44. The van der Waals surface area contributed by atoms with Gasteiger partial charge in [0.2, 0.25) is 11.8 Å². The van der Waals surface area contributed by atoms with Gasteiger partial charge in [0.05, 0.1) is 12.2 Å². The molecule has 0 bridgehead atoms. The van der Waals surface area contributed by atoms with Crippen LogP contribution in [0, 0.1) is 0 Å². The van der Waals surface area contributed by atoms with Gasteiger partial charge in [0.1, 0.15) is 6.54 Å². The quantitative estimate of drug-likeness (QED) is 0.632. The third kappa shape index (κ3) is 4.06. The van der Waals surface area contributed by atoms with E-state index in [1.54, 1.807) is 10.9 Å². The van der Waals surface area contributed by atoms with E-state index in [-0.39, 0.29) is 19.0 Å². The van der Waals surface area contributed by atoms with Gasteiger partial charge in [-0.15, -0.1) is 0 Å². The number of primary amides is 1. The molecule has 2 heterocycles. The highest BCUT2D eigenvalue weighted by atomic mass is 16.2. The van der Waals surface area contributed by atoms with Crippen LogP contribution in [-0.4, -0.2) is 41.2 Å². The molecular weight excluding hydrogens is 246 g/mol. The minimum Gasteiger partial charge on any atom is -0.368 e. The van der Waals surface area contributed by atoms with E-state index < -0.39 is 5.91 Å². The number of carbonyl (C=O) groups is 2. The summed E-state index contributed by atoms with van der Waals surface area (Å²) < 4.78 is 1.58. The Morgan fingerprint density at radius 3 is 3.11 bits per heavy atom. The van der Waals surface area contributed by atoms with Crippen LogP contribution < -0.4 is 16.4 Å². The standard InChI is InChI=1S/C12H19N5O2/c13-11(18)7-15-12(19)8-17-5-3-10(16-17)9-2-1-4-14-6-9/h3,5,9,14H,1-2,4,6-8H2,(H2,13,18)(H,15,19)/t9-/m1/s1. The van der Waals surface area contributed by atoms with Crippen molar-refractivity contribution < 1.29 is 9.59 Å². The van der Waals surface area contributed by atoms with Crippen LogP contribution in [0.25, 0.3) is 0 Å². The van der Waals surface area contributed by atoms with Crippen LogP contribution in [0.1, 0.15) is 24.5 Å². The summed E-state index contributed by atoms with van der Waals surface area (Å²) >= 11 is 0. The van der Waals surface area contributed by atoms with E-state index >= 15 is 0 Å². The number of amides is 2. The van der Waals surface area contributed by atoms with Gasteiger partial charge in [0.15, 0.2) is 0 Å². The molecule has 19 heavy (non-hydrogen) atoms. The maximum absolute atomic E-state index is 11.5. The number of nitrogens with zero attached hydrogens (tertiary/aromatic N) is 2. The van der Waals surface area contributed by atoms with Gasteiger partial charge in [-0.25, -0.2) is 0 Å². The number of nitrogens with one attached hydrogen (secondary N) is 2. The van der Waals surface area contributed by atoms with E-state index in [4.69, 9.17) is 5.73 Å². The van der Waals surface area contributed by atoms with E-state index in [9.17, 15) is 9.59 Å². The first kappa shape index (κ1) is 13.5. The van der Waals surface area contributed by atoms with E-state index in [1.165, 1.54) is 0 Å². The van der Waals surface area contributed by atoms with Crippen molar-refractivity contribution in [1.82, 2.24) is 20.4 Å². The number of aromatic nitrogens is 2. The molecule has 7 heteroatoms. The molecule has 1 aromatic rings. The molecule has 1 fully saturated rings. The van der Waals surface area contributed by atoms with Crippen LogP contribution >= 0.6 is 0 Å². The predicted molar refractivity (Wildman–Crippen MR) is 69.3 cm³/mol. The second-order valence-corrected chi connectivity index (χ2v) is 4.72. The number of piperidine rings is 1. The minimum absolute atomic E-state index is 0.105. The van der Waals surface area contributed by atoms with Gasteiger partial charge in [0.25, 0.3) is 0 Å². The zero-order valence-electron chi connectivity index (χ0n) is 10.8. The lowest BCUT2D eigenvalue weighted by Crippen LogP contribution is -2.35. The molecule has 1 aliphatic rings. The van der Waals surface area contributed by atoms with E-state index in [0.717, 1.165) is 31.6 Å². The summed E-state index contributed by atoms with van der Waals surface area (Å²) in [5.41, 5.74) is 5.96. The lowest BCUT2D eigenvalue weighted by Gasteiger charge is -2.20. The first-order valence-corrected chi connectivity index (χ1v) is 6.44. The highest BCUT2D eigenvalue weighted by molar-refractivity contribution is 5.83. The SMILES string of the molecule is NC(=O)CNC(=O)Cn1ccc([C@@H]2CCCNC2)n1. The van der Waals surface area contributed by atoms with E-state index in [1.807, 2.05) is 6.07 Å².